The van der Waals surface area contributed by atoms with E-state index >= 15 is 0 Å². The van der Waals surface area contributed by atoms with Gasteiger partial charge in [-0.15, -0.1) is 0 Å². The first-order valence-corrected chi connectivity index (χ1v) is 4.21. The molecule has 10 heavy (non-hydrogen) atoms. The van der Waals surface area contributed by atoms with Gasteiger partial charge in [-0.2, -0.15) is 0 Å². The number of rotatable bonds is 0. The number of hydrogen-bond acceptors (Lipinski definition) is 1. The summed E-state index contributed by atoms with van der Waals surface area (Å²) >= 11 is 0. The number of ether oxygens (including phenoxy) is 1. The summed E-state index contributed by atoms with van der Waals surface area (Å²) in [5, 5.41) is 0. The van der Waals surface area contributed by atoms with E-state index < -0.39 is 0 Å². The van der Waals surface area contributed by atoms with Crippen LogP contribution < -0.4 is 0 Å². The van der Waals surface area contributed by atoms with Gasteiger partial charge < -0.3 is 4.74 Å². The summed E-state index contributed by atoms with van der Waals surface area (Å²) in [5.41, 5.74) is 0.470. The fraction of sp³-hybridized carbons (Fsp3) is 0.778. The minimum atomic E-state index is 0.470. The lowest BCUT2D eigenvalue weighted by molar-refractivity contribution is 0.146. The Morgan fingerprint density at radius 2 is 1.90 bits per heavy atom. The molecule has 0 bridgehead atoms. The standard InChI is InChI=1S/C9H14O/c1-2-4-9(5-3-1)6-7-10-8-9/h6-7H,1-5,8H2. The Balaban J connectivity index is 2.05. The van der Waals surface area contributed by atoms with E-state index in [0.717, 1.165) is 6.61 Å². The first-order valence-electron chi connectivity index (χ1n) is 4.21. The second-order valence-electron chi connectivity index (χ2n) is 3.54. The Bertz CT molecular complexity index is 143. The molecule has 0 unspecified atom stereocenters. The molecule has 1 aliphatic heterocycles. The van der Waals surface area contributed by atoms with Gasteiger partial charge in [0.2, 0.25) is 0 Å². The van der Waals surface area contributed by atoms with Gasteiger partial charge in [-0.25, -0.2) is 0 Å². The van der Waals surface area contributed by atoms with E-state index in [1.54, 1.807) is 0 Å². The molecule has 0 aromatic rings. The highest BCUT2D eigenvalue weighted by atomic mass is 16.5. The summed E-state index contributed by atoms with van der Waals surface area (Å²) in [4.78, 5) is 0. The molecule has 0 amide bonds. The topological polar surface area (TPSA) is 9.23 Å². The quantitative estimate of drug-likeness (QED) is 0.499. The summed E-state index contributed by atoms with van der Waals surface area (Å²) in [7, 11) is 0. The van der Waals surface area contributed by atoms with Crippen molar-refractivity contribution in [3.63, 3.8) is 0 Å². The van der Waals surface area contributed by atoms with Crippen molar-refractivity contribution in [1.29, 1.82) is 0 Å². The van der Waals surface area contributed by atoms with Gasteiger partial charge in [-0.05, 0) is 18.9 Å². The van der Waals surface area contributed by atoms with Gasteiger partial charge in [-0.3, -0.25) is 0 Å². The maximum absolute atomic E-state index is 5.26. The molecular formula is C9H14O. The van der Waals surface area contributed by atoms with E-state index in [2.05, 4.69) is 6.08 Å². The van der Waals surface area contributed by atoms with Crippen LogP contribution in [0.4, 0.5) is 0 Å². The van der Waals surface area contributed by atoms with E-state index in [1.807, 2.05) is 6.26 Å². The fourth-order valence-corrected chi connectivity index (χ4v) is 2.02. The minimum Gasteiger partial charge on any atom is -0.501 e. The Hall–Kier alpha value is -0.460. The lowest BCUT2D eigenvalue weighted by Crippen LogP contribution is -2.23. The smallest absolute Gasteiger partial charge is 0.0964 e. The van der Waals surface area contributed by atoms with Crippen molar-refractivity contribution in [2.75, 3.05) is 6.61 Å². The van der Waals surface area contributed by atoms with Gasteiger partial charge >= 0.3 is 0 Å². The van der Waals surface area contributed by atoms with Crippen LogP contribution >= 0.6 is 0 Å². The van der Waals surface area contributed by atoms with Crippen LogP contribution in [0.1, 0.15) is 32.1 Å². The molecule has 2 rings (SSSR count). The maximum Gasteiger partial charge on any atom is 0.0964 e. The molecule has 0 saturated heterocycles. The summed E-state index contributed by atoms with van der Waals surface area (Å²) in [6.07, 6.45) is 11.1. The van der Waals surface area contributed by atoms with Gasteiger partial charge in [0.15, 0.2) is 0 Å². The highest BCUT2D eigenvalue weighted by Crippen LogP contribution is 2.40. The van der Waals surface area contributed by atoms with Crippen LogP contribution in [0.15, 0.2) is 12.3 Å². The third-order valence-corrected chi connectivity index (χ3v) is 2.74. The molecule has 2 aliphatic rings. The molecule has 1 aliphatic carbocycles. The lowest BCUT2D eigenvalue weighted by atomic mass is 9.75. The molecule has 1 fully saturated rings. The van der Waals surface area contributed by atoms with E-state index in [-0.39, 0.29) is 0 Å². The van der Waals surface area contributed by atoms with Crippen LogP contribution in [-0.4, -0.2) is 6.61 Å². The summed E-state index contributed by atoms with van der Waals surface area (Å²) in [5.74, 6) is 0. The molecule has 0 N–H and O–H groups in total. The SMILES string of the molecule is C1=CC2(CCCCC2)CO1. The summed E-state index contributed by atoms with van der Waals surface area (Å²) in [6.45, 7) is 0.951. The highest BCUT2D eigenvalue weighted by Gasteiger charge is 2.32. The van der Waals surface area contributed by atoms with Gasteiger partial charge in [0.25, 0.3) is 0 Å². The first kappa shape index (κ1) is 6.26. The number of hydrogen-bond donors (Lipinski definition) is 0. The first-order chi connectivity index (χ1) is 4.91. The van der Waals surface area contributed by atoms with Crippen LogP contribution in [0, 0.1) is 5.41 Å². The third-order valence-electron chi connectivity index (χ3n) is 2.74. The van der Waals surface area contributed by atoms with Gasteiger partial charge in [-0.1, -0.05) is 19.3 Å². The average molecular weight is 138 g/mol. The third kappa shape index (κ3) is 0.938. The molecule has 0 radical (unpaired) electrons. The summed E-state index contributed by atoms with van der Waals surface area (Å²) < 4.78 is 5.26. The zero-order valence-electron chi connectivity index (χ0n) is 6.31. The normalized spacial score (nSPS) is 28.8. The van der Waals surface area contributed by atoms with Crippen molar-refractivity contribution < 1.29 is 4.74 Å². The van der Waals surface area contributed by atoms with Gasteiger partial charge in [0.1, 0.15) is 0 Å². The van der Waals surface area contributed by atoms with Crippen molar-refractivity contribution in [2.24, 2.45) is 5.41 Å². The van der Waals surface area contributed by atoms with Gasteiger partial charge in [0, 0.05) is 5.41 Å². The largest absolute Gasteiger partial charge is 0.501 e. The molecule has 0 atom stereocenters. The molecule has 1 nitrogen and oxygen atoms in total. The Morgan fingerprint density at radius 3 is 2.50 bits per heavy atom. The van der Waals surface area contributed by atoms with E-state index in [4.69, 9.17) is 4.74 Å². The van der Waals surface area contributed by atoms with Crippen LogP contribution in [0.2, 0.25) is 0 Å². The predicted molar refractivity (Wildman–Crippen MR) is 40.6 cm³/mol. The van der Waals surface area contributed by atoms with E-state index in [0.29, 0.717) is 5.41 Å². The van der Waals surface area contributed by atoms with Crippen LogP contribution in [0.3, 0.4) is 0 Å². The van der Waals surface area contributed by atoms with Crippen molar-refractivity contribution in [2.45, 2.75) is 32.1 Å². The van der Waals surface area contributed by atoms with Crippen LogP contribution in [0.25, 0.3) is 0 Å². The lowest BCUT2D eigenvalue weighted by Gasteiger charge is -2.29. The van der Waals surface area contributed by atoms with Crippen LogP contribution in [-0.2, 0) is 4.74 Å². The molecule has 1 spiro atoms. The molecule has 0 aromatic carbocycles. The molecule has 1 heteroatoms. The van der Waals surface area contributed by atoms with Crippen molar-refractivity contribution in [1.82, 2.24) is 0 Å². The Kier molecular flexibility index (Phi) is 1.44. The molecule has 1 heterocycles. The Labute approximate surface area is 62.1 Å². The maximum atomic E-state index is 5.26. The van der Waals surface area contributed by atoms with Crippen LogP contribution in [0.5, 0.6) is 0 Å². The van der Waals surface area contributed by atoms with Crippen molar-refractivity contribution in [3.8, 4) is 0 Å². The summed E-state index contributed by atoms with van der Waals surface area (Å²) in [6, 6.07) is 0. The average Bonchev–Trinajstić information content (AvgIpc) is 2.39. The molecule has 1 saturated carbocycles. The molecule has 56 valence electrons. The van der Waals surface area contributed by atoms with Crippen molar-refractivity contribution in [3.05, 3.63) is 12.3 Å². The van der Waals surface area contributed by atoms with Gasteiger partial charge in [0.05, 0.1) is 12.9 Å². The second-order valence-corrected chi connectivity index (χ2v) is 3.54. The molecule has 0 aromatic heterocycles. The zero-order valence-corrected chi connectivity index (χ0v) is 6.31. The predicted octanol–water partition coefficient (Wildman–Crippen LogP) is 2.48. The van der Waals surface area contributed by atoms with Crippen molar-refractivity contribution >= 4 is 0 Å². The highest BCUT2D eigenvalue weighted by molar-refractivity contribution is 5.03. The second kappa shape index (κ2) is 2.30. The fourth-order valence-electron chi connectivity index (χ4n) is 2.02. The molecular weight excluding hydrogens is 124 g/mol. The van der Waals surface area contributed by atoms with E-state index in [9.17, 15) is 0 Å². The minimum absolute atomic E-state index is 0.470. The monoisotopic (exact) mass is 138 g/mol. The zero-order chi connectivity index (χ0) is 6.86. The van der Waals surface area contributed by atoms with E-state index in [1.165, 1.54) is 32.1 Å². The Morgan fingerprint density at radius 1 is 1.10 bits per heavy atom.